The zero-order valence-corrected chi connectivity index (χ0v) is 18.7. The molecule has 0 aromatic rings. The molecule has 0 spiro atoms. The first-order valence-electron chi connectivity index (χ1n) is 11.8. The summed E-state index contributed by atoms with van der Waals surface area (Å²) in [6.07, 6.45) is 16.7. The quantitative estimate of drug-likeness (QED) is 0.264. The largest absolute Gasteiger partial charge is 0.316 e. The van der Waals surface area contributed by atoms with Crippen molar-refractivity contribution in [3.05, 3.63) is 0 Å². The van der Waals surface area contributed by atoms with Crippen molar-refractivity contribution in [3.8, 4) is 0 Å². The molecule has 0 amide bonds. The van der Waals surface area contributed by atoms with Gasteiger partial charge < -0.3 is 5.32 Å². The molecular weight excluding hydrogens is 302 g/mol. The van der Waals surface area contributed by atoms with Crippen LogP contribution in [0.3, 0.4) is 0 Å². The third-order valence-electron chi connectivity index (χ3n) is 6.44. The third kappa shape index (κ3) is 12.9. The van der Waals surface area contributed by atoms with E-state index in [9.17, 15) is 0 Å². The lowest BCUT2D eigenvalue weighted by Crippen LogP contribution is -2.30. The number of rotatable bonds is 18. The standard InChI is InChI=1S/C24H51N/c1-7-13-15-21(9-3)17-23(11-5)19-25-20-24(12-6)18-22(10-4)16-14-8-2/h21-25H,7-20H2,1-6H3/t21-,22+,23-,24+. The van der Waals surface area contributed by atoms with Crippen molar-refractivity contribution in [1.82, 2.24) is 5.32 Å². The third-order valence-corrected chi connectivity index (χ3v) is 6.44. The molecule has 0 aromatic carbocycles. The summed E-state index contributed by atoms with van der Waals surface area (Å²) in [5, 5.41) is 3.86. The highest BCUT2D eigenvalue weighted by molar-refractivity contribution is 4.71. The van der Waals surface area contributed by atoms with E-state index in [1.165, 1.54) is 90.1 Å². The summed E-state index contributed by atoms with van der Waals surface area (Å²) in [6, 6.07) is 0. The topological polar surface area (TPSA) is 12.0 Å². The molecule has 0 unspecified atom stereocenters. The van der Waals surface area contributed by atoms with Crippen LogP contribution in [0.1, 0.15) is 119 Å². The van der Waals surface area contributed by atoms with Crippen LogP contribution in [0, 0.1) is 23.7 Å². The van der Waals surface area contributed by atoms with Crippen molar-refractivity contribution in [3.63, 3.8) is 0 Å². The highest BCUT2D eigenvalue weighted by Gasteiger charge is 2.16. The highest BCUT2D eigenvalue weighted by atomic mass is 14.9. The Morgan fingerprint density at radius 2 is 0.880 bits per heavy atom. The van der Waals surface area contributed by atoms with Gasteiger partial charge in [0.15, 0.2) is 0 Å². The molecule has 0 saturated heterocycles. The molecule has 0 saturated carbocycles. The molecule has 0 radical (unpaired) electrons. The van der Waals surface area contributed by atoms with Gasteiger partial charge in [0.05, 0.1) is 0 Å². The van der Waals surface area contributed by atoms with Crippen LogP contribution >= 0.6 is 0 Å². The molecule has 152 valence electrons. The van der Waals surface area contributed by atoms with Gasteiger partial charge in [0, 0.05) is 0 Å². The summed E-state index contributed by atoms with van der Waals surface area (Å²) in [5.74, 6) is 3.65. The van der Waals surface area contributed by atoms with E-state index in [1.54, 1.807) is 0 Å². The second-order valence-corrected chi connectivity index (χ2v) is 8.51. The summed E-state index contributed by atoms with van der Waals surface area (Å²) in [7, 11) is 0. The maximum atomic E-state index is 3.86. The van der Waals surface area contributed by atoms with E-state index in [4.69, 9.17) is 0 Å². The molecule has 1 N–H and O–H groups in total. The van der Waals surface area contributed by atoms with E-state index >= 15 is 0 Å². The van der Waals surface area contributed by atoms with E-state index in [1.807, 2.05) is 0 Å². The zero-order valence-electron chi connectivity index (χ0n) is 18.7. The van der Waals surface area contributed by atoms with Crippen LogP contribution in [-0.4, -0.2) is 13.1 Å². The fraction of sp³-hybridized carbons (Fsp3) is 1.00. The fourth-order valence-electron chi connectivity index (χ4n) is 4.19. The van der Waals surface area contributed by atoms with Crippen LogP contribution in [0.5, 0.6) is 0 Å². The van der Waals surface area contributed by atoms with Gasteiger partial charge >= 0.3 is 0 Å². The lowest BCUT2D eigenvalue weighted by Gasteiger charge is -2.25. The van der Waals surface area contributed by atoms with E-state index < -0.39 is 0 Å². The molecule has 0 bridgehead atoms. The Morgan fingerprint density at radius 1 is 0.520 bits per heavy atom. The van der Waals surface area contributed by atoms with Gasteiger partial charge in [-0.2, -0.15) is 0 Å². The predicted molar refractivity (Wildman–Crippen MR) is 116 cm³/mol. The Morgan fingerprint density at radius 3 is 1.16 bits per heavy atom. The highest BCUT2D eigenvalue weighted by Crippen LogP contribution is 2.25. The first kappa shape index (κ1) is 25.0. The molecule has 0 fully saturated rings. The SMILES string of the molecule is CCCC[C@@H](CC)C[C@@H](CC)CNC[C@@H](CC)C[C@@H](CC)CCCC. The number of hydrogen-bond acceptors (Lipinski definition) is 1. The summed E-state index contributed by atoms with van der Waals surface area (Å²) >= 11 is 0. The molecule has 0 aliphatic heterocycles. The van der Waals surface area contributed by atoms with Gasteiger partial charge in [0.2, 0.25) is 0 Å². The molecule has 25 heavy (non-hydrogen) atoms. The molecule has 0 heterocycles. The summed E-state index contributed by atoms with van der Waals surface area (Å²) < 4.78 is 0. The van der Waals surface area contributed by atoms with Gasteiger partial charge in [-0.1, -0.05) is 106 Å². The zero-order chi connectivity index (χ0) is 18.9. The summed E-state index contributed by atoms with van der Waals surface area (Å²) in [4.78, 5) is 0. The van der Waals surface area contributed by atoms with Crippen LogP contribution in [0.15, 0.2) is 0 Å². The molecule has 1 heteroatoms. The lowest BCUT2D eigenvalue weighted by molar-refractivity contribution is 0.292. The second kappa shape index (κ2) is 17.4. The van der Waals surface area contributed by atoms with Crippen molar-refractivity contribution in [1.29, 1.82) is 0 Å². The van der Waals surface area contributed by atoms with E-state index in [-0.39, 0.29) is 0 Å². The molecule has 0 aliphatic carbocycles. The minimum atomic E-state index is 0.876. The van der Waals surface area contributed by atoms with Crippen molar-refractivity contribution in [2.24, 2.45) is 23.7 Å². The van der Waals surface area contributed by atoms with Crippen LogP contribution < -0.4 is 5.32 Å². The smallest absolute Gasteiger partial charge is 0.00204 e. The van der Waals surface area contributed by atoms with Gasteiger partial charge in [-0.25, -0.2) is 0 Å². The summed E-state index contributed by atoms with van der Waals surface area (Å²) in [5.41, 5.74) is 0. The van der Waals surface area contributed by atoms with Crippen LogP contribution in [0.25, 0.3) is 0 Å². The molecule has 4 atom stereocenters. The average Bonchev–Trinajstić information content (AvgIpc) is 2.65. The monoisotopic (exact) mass is 353 g/mol. The van der Waals surface area contributed by atoms with Crippen molar-refractivity contribution in [2.75, 3.05) is 13.1 Å². The average molecular weight is 354 g/mol. The normalized spacial score (nSPS) is 16.6. The number of nitrogens with one attached hydrogen (secondary N) is 1. The van der Waals surface area contributed by atoms with Crippen molar-refractivity contribution in [2.45, 2.75) is 119 Å². The van der Waals surface area contributed by atoms with E-state index in [0.29, 0.717) is 0 Å². The maximum absolute atomic E-state index is 3.86. The molecule has 0 rings (SSSR count). The Bertz CT molecular complexity index is 237. The molecular formula is C24H51N. The Labute approximate surface area is 161 Å². The summed E-state index contributed by atoms with van der Waals surface area (Å²) in [6.45, 7) is 16.6. The van der Waals surface area contributed by atoms with Gasteiger partial charge in [-0.15, -0.1) is 0 Å². The Hall–Kier alpha value is -0.0400. The first-order chi connectivity index (χ1) is 12.1. The van der Waals surface area contributed by atoms with Crippen molar-refractivity contribution >= 4 is 0 Å². The number of hydrogen-bond donors (Lipinski definition) is 1. The van der Waals surface area contributed by atoms with Crippen molar-refractivity contribution < 1.29 is 0 Å². The van der Waals surface area contributed by atoms with Gasteiger partial charge in [0.1, 0.15) is 0 Å². The molecule has 0 aromatic heterocycles. The predicted octanol–water partition coefficient (Wildman–Crippen LogP) is 7.84. The fourth-order valence-corrected chi connectivity index (χ4v) is 4.19. The van der Waals surface area contributed by atoms with Gasteiger partial charge in [-0.05, 0) is 49.6 Å². The minimum absolute atomic E-state index is 0.876. The van der Waals surface area contributed by atoms with Gasteiger partial charge in [0.25, 0.3) is 0 Å². The maximum Gasteiger partial charge on any atom is -0.00204 e. The minimum Gasteiger partial charge on any atom is -0.316 e. The van der Waals surface area contributed by atoms with Crippen LogP contribution in [0.2, 0.25) is 0 Å². The lowest BCUT2D eigenvalue weighted by atomic mass is 9.86. The van der Waals surface area contributed by atoms with E-state index in [2.05, 4.69) is 46.9 Å². The van der Waals surface area contributed by atoms with Crippen LogP contribution in [0.4, 0.5) is 0 Å². The second-order valence-electron chi connectivity index (χ2n) is 8.51. The molecule has 1 nitrogen and oxygen atoms in total. The van der Waals surface area contributed by atoms with E-state index in [0.717, 1.165) is 23.7 Å². The van der Waals surface area contributed by atoms with Gasteiger partial charge in [-0.3, -0.25) is 0 Å². The Balaban J connectivity index is 4.18. The Kier molecular flexibility index (Phi) is 17.3. The molecule has 0 aliphatic rings. The number of unbranched alkanes of at least 4 members (excludes halogenated alkanes) is 2. The first-order valence-corrected chi connectivity index (χ1v) is 11.8. The van der Waals surface area contributed by atoms with Crippen LogP contribution in [-0.2, 0) is 0 Å².